The summed E-state index contributed by atoms with van der Waals surface area (Å²) in [6, 6.07) is 3.66. The van der Waals surface area contributed by atoms with Gasteiger partial charge < -0.3 is 15.4 Å². The fraction of sp³-hybridized carbons (Fsp3) is 0.429. The maximum Gasteiger partial charge on any atom is 0.234 e. The van der Waals surface area contributed by atoms with Crippen LogP contribution in [-0.2, 0) is 9.59 Å². The van der Waals surface area contributed by atoms with Crippen LogP contribution < -0.4 is 20.7 Å². The Morgan fingerprint density at radius 3 is 2.65 bits per heavy atom. The van der Waals surface area contributed by atoms with Crippen molar-refractivity contribution in [1.29, 1.82) is 0 Å². The van der Waals surface area contributed by atoms with Crippen LogP contribution in [0.1, 0.15) is 13.3 Å². The number of benzene rings is 1. The Kier molecular flexibility index (Phi) is 6.75. The van der Waals surface area contributed by atoms with Gasteiger partial charge in [0.1, 0.15) is 11.2 Å². The number of hydrogen-bond donors (Lipinski definition) is 3. The summed E-state index contributed by atoms with van der Waals surface area (Å²) in [5.41, 5.74) is 0.394. The summed E-state index contributed by atoms with van der Waals surface area (Å²) in [7, 11) is 1.58. The van der Waals surface area contributed by atoms with Crippen molar-refractivity contribution < 1.29 is 14.3 Å². The molecule has 2 rings (SSSR count). The van der Waals surface area contributed by atoms with Crippen LogP contribution in [0.4, 0.5) is 5.69 Å². The van der Waals surface area contributed by atoms with E-state index in [1.54, 1.807) is 19.2 Å². The molecular formula is C14H17Br2N3O3S. The second-order valence-corrected chi connectivity index (χ2v) is 7.85. The van der Waals surface area contributed by atoms with E-state index in [4.69, 9.17) is 4.74 Å². The van der Waals surface area contributed by atoms with Gasteiger partial charge in [-0.05, 0) is 50.9 Å². The lowest BCUT2D eigenvalue weighted by Gasteiger charge is -2.28. The Morgan fingerprint density at radius 2 is 2.09 bits per heavy atom. The highest BCUT2D eigenvalue weighted by Gasteiger charge is 2.23. The maximum atomic E-state index is 12.1. The Balaban J connectivity index is 1.91. The van der Waals surface area contributed by atoms with Crippen LogP contribution in [0.3, 0.4) is 0 Å². The van der Waals surface area contributed by atoms with Gasteiger partial charge in [-0.1, -0.05) is 0 Å². The molecule has 2 unspecified atom stereocenters. The number of rotatable bonds is 5. The molecule has 0 bridgehead atoms. The molecule has 9 heteroatoms. The molecule has 1 fully saturated rings. The van der Waals surface area contributed by atoms with E-state index in [-0.39, 0.29) is 29.1 Å². The van der Waals surface area contributed by atoms with E-state index in [0.29, 0.717) is 17.9 Å². The molecule has 1 heterocycles. The largest absolute Gasteiger partial charge is 0.497 e. The minimum absolute atomic E-state index is 0.00481. The third kappa shape index (κ3) is 5.37. The quantitative estimate of drug-likeness (QED) is 0.621. The first-order valence-electron chi connectivity index (χ1n) is 6.89. The lowest BCUT2D eigenvalue weighted by molar-refractivity contribution is -0.123. The average Bonchev–Trinajstić information content (AvgIpc) is 2.47. The maximum absolute atomic E-state index is 12.1. The number of thioether (sulfide) groups is 1. The molecule has 0 radical (unpaired) electrons. The molecule has 6 nitrogen and oxygen atoms in total. The summed E-state index contributed by atoms with van der Waals surface area (Å²) in [5, 5.41) is 8.86. The van der Waals surface area contributed by atoms with Crippen LogP contribution in [0.15, 0.2) is 21.1 Å². The Labute approximate surface area is 155 Å². The average molecular weight is 467 g/mol. The highest BCUT2D eigenvalue weighted by Crippen LogP contribution is 2.35. The smallest absolute Gasteiger partial charge is 0.234 e. The SMILES string of the molecule is COc1cc(Br)c(NC(=O)CSC2NC(=O)CC(C)N2)c(Br)c1. The van der Waals surface area contributed by atoms with Crippen LogP contribution in [0.25, 0.3) is 0 Å². The number of carbonyl (C=O) groups excluding carboxylic acids is 2. The fourth-order valence-electron chi connectivity index (χ4n) is 2.05. The minimum Gasteiger partial charge on any atom is -0.497 e. The highest BCUT2D eigenvalue weighted by atomic mass is 79.9. The molecule has 1 saturated heterocycles. The van der Waals surface area contributed by atoms with Crippen molar-refractivity contribution in [2.45, 2.75) is 24.9 Å². The number of ether oxygens (including phenoxy) is 1. The van der Waals surface area contributed by atoms with Gasteiger partial charge in [-0.2, -0.15) is 0 Å². The van der Waals surface area contributed by atoms with Crippen molar-refractivity contribution in [2.24, 2.45) is 0 Å². The molecule has 1 aromatic carbocycles. The van der Waals surface area contributed by atoms with Gasteiger partial charge in [-0.15, -0.1) is 11.8 Å². The van der Waals surface area contributed by atoms with Gasteiger partial charge in [-0.3, -0.25) is 14.9 Å². The Bertz CT molecular complexity index is 592. The van der Waals surface area contributed by atoms with E-state index in [2.05, 4.69) is 47.8 Å². The molecule has 1 aromatic rings. The van der Waals surface area contributed by atoms with Gasteiger partial charge in [-0.25, -0.2) is 0 Å². The number of methoxy groups -OCH3 is 1. The standard InChI is InChI=1S/C14H17Br2N3O3S/c1-7-3-11(20)19-14(17-7)23-6-12(21)18-13-9(15)4-8(22-2)5-10(13)16/h4-5,7,14,17H,3,6H2,1-2H3,(H,18,21)(H,19,20). The molecule has 0 spiro atoms. The first kappa shape index (κ1) is 18.6. The molecule has 0 saturated carbocycles. The highest BCUT2D eigenvalue weighted by molar-refractivity contribution is 9.11. The van der Waals surface area contributed by atoms with Gasteiger partial charge in [0.15, 0.2) is 0 Å². The van der Waals surface area contributed by atoms with Crippen LogP contribution >= 0.6 is 43.6 Å². The van der Waals surface area contributed by atoms with E-state index in [1.807, 2.05) is 6.92 Å². The van der Waals surface area contributed by atoms with Crippen molar-refractivity contribution >= 4 is 61.1 Å². The van der Waals surface area contributed by atoms with E-state index < -0.39 is 0 Å². The number of halogens is 2. The number of anilines is 1. The predicted molar refractivity (Wildman–Crippen MR) is 98.6 cm³/mol. The molecule has 3 N–H and O–H groups in total. The van der Waals surface area contributed by atoms with Gasteiger partial charge >= 0.3 is 0 Å². The van der Waals surface area contributed by atoms with Gasteiger partial charge in [0.25, 0.3) is 0 Å². The summed E-state index contributed by atoms with van der Waals surface area (Å²) in [5.74, 6) is 0.736. The van der Waals surface area contributed by atoms with Gasteiger partial charge in [0.05, 0.1) is 18.6 Å². The van der Waals surface area contributed by atoms with Gasteiger partial charge in [0, 0.05) is 21.4 Å². The lowest BCUT2D eigenvalue weighted by Crippen LogP contribution is -2.53. The van der Waals surface area contributed by atoms with Crippen LogP contribution in [0, 0.1) is 0 Å². The number of carbonyl (C=O) groups is 2. The third-order valence-corrected chi connectivity index (χ3v) is 5.38. The number of nitrogens with one attached hydrogen (secondary N) is 3. The lowest BCUT2D eigenvalue weighted by atomic mass is 10.2. The van der Waals surface area contributed by atoms with E-state index in [0.717, 1.165) is 8.95 Å². The molecule has 2 amide bonds. The summed E-state index contributed by atoms with van der Waals surface area (Å²) in [6.45, 7) is 1.94. The molecule has 126 valence electrons. The topological polar surface area (TPSA) is 79.5 Å². The molecule has 1 aliphatic rings. The van der Waals surface area contributed by atoms with Crippen LogP contribution in [-0.4, -0.2) is 36.2 Å². The fourth-order valence-corrected chi connectivity index (χ4v) is 4.33. The summed E-state index contributed by atoms with van der Waals surface area (Å²) >= 11 is 8.16. The first-order chi connectivity index (χ1) is 10.9. The van der Waals surface area contributed by atoms with Gasteiger partial charge in [0.2, 0.25) is 11.8 Å². The minimum atomic E-state index is -0.250. The first-order valence-corrected chi connectivity index (χ1v) is 9.52. The van der Waals surface area contributed by atoms with Crippen molar-refractivity contribution in [3.05, 3.63) is 21.1 Å². The summed E-state index contributed by atoms with van der Waals surface area (Å²) in [6.07, 6.45) is 0.453. The normalized spacial score (nSPS) is 20.8. The molecule has 0 aliphatic carbocycles. The van der Waals surface area contributed by atoms with E-state index >= 15 is 0 Å². The monoisotopic (exact) mass is 465 g/mol. The summed E-state index contributed by atoms with van der Waals surface area (Å²) in [4.78, 5) is 23.6. The van der Waals surface area contributed by atoms with Crippen molar-refractivity contribution in [1.82, 2.24) is 10.6 Å². The zero-order valence-corrected chi connectivity index (χ0v) is 16.6. The van der Waals surface area contributed by atoms with Crippen LogP contribution in [0.5, 0.6) is 5.75 Å². The molecule has 23 heavy (non-hydrogen) atoms. The zero-order chi connectivity index (χ0) is 17.0. The predicted octanol–water partition coefficient (Wildman–Crippen LogP) is 2.67. The van der Waals surface area contributed by atoms with Crippen molar-refractivity contribution in [2.75, 3.05) is 18.2 Å². The summed E-state index contributed by atoms with van der Waals surface area (Å²) < 4.78 is 6.60. The Morgan fingerprint density at radius 1 is 1.43 bits per heavy atom. The molecule has 0 aromatic heterocycles. The van der Waals surface area contributed by atoms with Crippen molar-refractivity contribution in [3.63, 3.8) is 0 Å². The molecule has 1 aliphatic heterocycles. The van der Waals surface area contributed by atoms with Crippen molar-refractivity contribution in [3.8, 4) is 5.75 Å². The third-order valence-electron chi connectivity index (χ3n) is 3.12. The Hall–Kier alpha value is -0.770. The molecule has 2 atom stereocenters. The second-order valence-electron chi connectivity index (χ2n) is 5.04. The zero-order valence-electron chi connectivity index (χ0n) is 12.6. The number of hydrogen-bond acceptors (Lipinski definition) is 5. The van der Waals surface area contributed by atoms with Crippen LogP contribution in [0.2, 0.25) is 0 Å². The van der Waals surface area contributed by atoms with E-state index in [1.165, 1.54) is 11.8 Å². The number of amides is 2. The molecular weight excluding hydrogens is 450 g/mol. The van der Waals surface area contributed by atoms with E-state index in [9.17, 15) is 9.59 Å². The second kappa shape index (κ2) is 8.36.